The number of nitrogens with zero attached hydrogens (tertiary/aromatic N) is 1. The molecule has 1 aromatic heterocycles. The lowest BCUT2D eigenvalue weighted by atomic mass is 10.0. The van der Waals surface area contributed by atoms with E-state index in [2.05, 4.69) is 9.71 Å². The summed E-state index contributed by atoms with van der Waals surface area (Å²) >= 11 is 0. The number of H-pyrrole nitrogens is 1. The van der Waals surface area contributed by atoms with E-state index < -0.39 is 22.1 Å². The van der Waals surface area contributed by atoms with E-state index in [0.717, 1.165) is 5.56 Å². The molecule has 8 heteroatoms. The molecule has 1 aromatic rings. The predicted molar refractivity (Wildman–Crippen MR) is 68.5 cm³/mol. The standard InChI is InChI=1S/C11H17N3O4S/c15-11(16)10-2-1-5-14(8-10)19(17,18)13-7-9-3-4-12-6-9/h3-4,6,10,12-13H,1-2,5,7-8H2,(H,15,16). The minimum absolute atomic E-state index is 0.0395. The zero-order valence-electron chi connectivity index (χ0n) is 10.4. The molecule has 0 aromatic carbocycles. The lowest BCUT2D eigenvalue weighted by molar-refractivity contribution is -0.142. The van der Waals surface area contributed by atoms with Gasteiger partial charge in [0.15, 0.2) is 0 Å². The minimum Gasteiger partial charge on any atom is -0.481 e. The van der Waals surface area contributed by atoms with Gasteiger partial charge in [-0.25, -0.2) is 0 Å². The van der Waals surface area contributed by atoms with E-state index in [-0.39, 0.29) is 13.1 Å². The Morgan fingerprint density at radius 2 is 2.37 bits per heavy atom. The van der Waals surface area contributed by atoms with Crippen LogP contribution in [0.25, 0.3) is 0 Å². The number of carbonyl (C=O) groups is 1. The first-order chi connectivity index (χ1) is 8.99. The van der Waals surface area contributed by atoms with Gasteiger partial charge in [0.05, 0.1) is 5.92 Å². The van der Waals surface area contributed by atoms with Gasteiger partial charge in [0, 0.05) is 32.0 Å². The van der Waals surface area contributed by atoms with E-state index in [1.165, 1.54) is 4.31 Å². The number of aromatic amines is 1. The zero-order valence-corrected chi connectivity index (χ0v) is 11.2. The summed E-state index contributed by atoms with van der Waals surface area (Å²) in [6.07, 6.45) is 4.52. The zero-order chi connectivity index (χ0) is 13.9. The molecule has 1 aliphatic rings. The Kier molecular flexibility index (Phi) is 4.23. The molecule has 0 bridgehead atoms. The van der Waals surface area contributed by atoms with Crippen LogP contribution in [-0.4, -0.2) is 41.9 Å². The van der Waals surface area contributed by atoms with E-state index in [1.54, 1.807) is 18.5 Å². The molecule has 2 heterocycles. The van der Waals surface area contributed by atoms with Gasteiger partial charge in [0.2, 0.25) is 0 Å². The highest BCUT2D eigenvalue weighted by atomic mass is 32.2. The second kappa shape index (κ2) is 5.72. The number of aromatic nitrogens is 1. The van der Waals surface area contributed by atoms with Crippen molar-refractivity contribution < 1.29 is 18.3 Å². The van der Waals surface area contributed by atoms with Crippen LogP contribution in [0.3, 0.4) is 0 Å². The Morgan fingerprint density at radius 3 is 3.00 bits per heavy atom. The Labute approximate surface area is 111 Å². The first-order valence-corrected chi connectivity index (χ1v) is 7.52. The first-order valence-electron chi connectivity index (χ1n) is 6.08. The highest BCUT2D eigenvalue weighted by Gasteiger charge is 2.31. The summed E-state index contributed by atoms with van der Waals surface area (Å²) in [6, 6.07) is 1.78. The molecule has 1 unspecified atom stereocenters. The largest absolute Gasteiger partial charge is 0.481 e. The highest BCUT2D eigenvalue weighted by Crippen LogP contribution is 2.18. The smallest absolute Gasteiger partial charge is 0.307 e. The molecule has 106 valence electrons. The quantitative estimate of drug-likeness (QED) is 0.717. The molecule has 1 aliphatic heterocycles. The topological polar surface area (TPSA) is 102 Å². The highest BCUT2D eigenvalue weighted by molar-refractivity contribution is 7.87. The van der Waals surface area contributed by atoms with Crippen LogP contribution in [-0.2, 0) is 21.5 Å². The number of carboxylic acids is 1. The third-order valence-electron chi connectivity index (χ3n) is 3.19. The fourth-order valence-electron chi connectivity index (χ4n) is 2.10. The molecule has 7 nitrogen and oxygen atoms in total. The SMILES string of the molecule is O=C(O)C1CCCN(S(=O)(=O)NCc2cc[nH]c2)C1. The maximum absolute atomic E-state index is 12.1. The summed E-state index contributed by atoms with van der Waals surface area (Å²) in [6.45, 7) is 0.601. The molecule has 1 atom stereocenters. The normalized spacial score (nSPS) is 21.4. The van der Waals surface area contributed by atoms with Gasteiger partial charge in [-0.05, 0) is 24.5 Å². The van der Waals surface area contributed by atoms with Crippen molar-refractivity contribution in [2.75, 3.05) is 13.1 Å². The monoisotopic (exact) mass is 287 g/mol. The summed E-state index contributed by atoms with van der Waals surface area (Å²) in [7, 11) is -3.62. The van der Waals surface area contributed by atoms with E-state index in [0.29, 0.717) is 19.4 Å². The fraction of sp³-hybridized carbons (Fsp3) is 0.545. The van der Waals surface area contributed by atoms with Crippen LogP contribution < -0.4 is 4.72 Å². The van der Waals surface area contributed by atoms with Crippen molar-refractivity contribution in [3.8, 4) is 0 Å². The van der Waals surface area contributed by atoms with Crippen molar-refractivity contribution >= 4 is 16.2 Å². The van der Waals surface area contributed by atoms with Crippen LogP contribution in [0.1, 0.15) is 18.4 Å². The van der Waals surface area contributed by atoms with Gasteiger partial charge in [0.1, 0.15) is 0 Å². The minimum atomic E-state index is -3.62. The summed E-state index contributed by atoms with van der Waals surface area (Å²) in [5, 5.41) is 8.96. The Balaban J connectivity index is 1.96. The number of rotatable bonds is 5. The molecular weight excluding hydrogens is 270 g/mol. The lowest BCUT2D eigenvalue weighted by Crippen LogP contribution is -2.47. The van der Waals surface area contributed by atoms with Crippen molar-refractivity contribution in [3.63, 3.8) is 0 Å². The average Bonchev–Trinajstić information content (AvgIpc) is 2.90. The van der Waals surface area contributed by atoms with Crippen LogP contribution in [0.5, 0.6) is 0 Å². The number of piperidine rings is 1. The molecule has 0 amide bonds. The van der Waals surface area contributed by atoms with E-state index in [9.17, 15) is 13.2 Å². The maximum Gasteiger partial charge on any atom is 0.307 e. The van der Waals surface area contributed by atoms with Gasteiger partial charge in [0.25, 0.3) is 10.2 Å². The van der Waals surface area contributed by atoms with Gasteiger partial charge in [-0.3, -0.25) is 4.79 Å². The van der Waals surface area contributed by atoms with E-state index in [1.807, 2.05) is 0 Å². The van der Waals surface area contributed by atoms with Crippen LogP contribution in [0.15, 0.2) is 18.5 Å². The molecule has 19 heavy (non-hydrogen) atoms. The molecular formula is C11H17N3O4S. The van der Waals surface area contributed by atoms with Crippen molar-refractivity contribution in [1.82, 2.24) is 14.0 Å². The number of hydrogen-bond donors (Lipinski definition) is 3. The molecule has 3 N–H and O–H groups in total. The van der Waals surface area contributed by atoms with Crippen molar-refractivity contribution in [3.05, 3.63) is 24.0 Å². The van der Waals surface area contributed by atoms with E-state index in [4.69, 9.17) is 5.11 Å². The summed E-state index contributed by atoms with van der Waals surface area (Å²) in [5.74, 6) is -1.55. The van der Waals surface area contributed by atoms with Crippen molar-refractivity contribution in [2.24, 2.45) is 5.92 Å². The van der Waals surface area contributed by atoms with Crippen LogP contribution in [0.4, 0.5) is 0 Å². The molecule has 1 saturated heterocycles. The summed E-state index contributed by atoms with van der Waals surface area (Å²) in [4.78, 5) is 13.8. The molecule has 1 fully saturated rings. The third kappa shape index (κ3) is 3.55. The van der Waals surface area contributed by atoms with Gasteiger partial charge in [-0.2, -0.15) is 17.4 Å². The number of hydrogen-bond acceptors (Lipinski definition) is 3. The van der Waals surface area contributed by atoms with Crippen LogP contribution in [0, 0.1) is 5.92 Å². The molecule has 0 saturated carbocycles. The number of carboxylic acid groups (broad SMARTS) is 1. The molecule has 0 spiro atoms. The summed E-state index contributed by atoms with van der Waals surface area (Å²) < 4.78 is 27.8. The third-order valence-corrected chi connectivity index (χ3v) is 4.71. The van der Waals surface area contributed by atoms with Crippen LogP contribution >= 0.6 is 0 Å². The second-order valence-electron chi connectivity index (χ2n) is 4.58. The van der Waals surface area contributed by atoms with Gasteiger partial charge in [-0.1, -0.05) is 0 Å². The van der Waals surface area contributed by atoms with Crippen molar-refractivity contribution in [1.29, 1.82) is 0 Å². The molecule has 0 radical (unpaired) electrons. The van der Waals surface area contributed by atoms with Crippen molar-refractivity contribution in [2.45, 2.75) is 19.4 Å². The fourth-order valence-corrected chi connectivity index (χ4v) is 3.37. The first kappa shape index (κ1) is 14.0. The van der Waals surface area contributed by atoms with Crippen LogP contribution in [0.2, 0.25) is 0 Å². The number of aliphatic carboxylic acids is 1. The maximum atomic E-state index is 12.1. The Hall–Kier alpha value is -1.38. The van der Waals surface area contributed by atoms with Gasteiger partial charge < -0.3 is 10.1 Å². The van der Waals surface area contributed by atoms with E-state index >= 15 is 0 Å². The Bertz CT molecular complexity index is 526. The summed E-state index contributed by atoms with van der Waals surface area (Å²) in [5.41, 5.74) is 0.829. The Morgan fingerprint density at radius 1 is 1.58 bits per heavy atom. The second-order valence-corrected chi connectivity index (χ2v) is 6.34. The predicted octanol–water partition coefficient (Wildman–Crippen LogP) is 0.146. The average molecular weight is 287 g/mol. The molecule has 0 aliphatic carbocycles. The number of nitrogens with one attached hydrogen (secondary N) is 2. The van der Waals surface area contributed by atoms with Gasteiger partial charge >= 0.3 is 5.97 Å². The molecule has 2 rings (SSSR count). The lowest BCUT2D eigenvalue weighted by Gasteiger charge is -2.29. The van der Waals surface area contributed by atoms with Gasteiger partial charge in [-0.15, -0.1) is 0 Å².